The molecule has 2 aliphatic rings. The van der Waals surface area contributed by atoms with Crippen LogP contribution in [0.5, 0.6) is 0 Å². The minimum absolute atomic E-state index is 0.117. The summed E-state index contributed by atoms with van der Waals surface area (Å²) in [5.74, 6) is 0.890. The van der Waals surface area contributed by atoms with Gasteiger partial charge in [0.2, 0.25) is 11.9 Å². The van der Waals surface area contributed by atoms with E-state index < -0.39 is 0 Å². The molecule has 0 saturated carbocycles. The number of aromatic nitrogens is 3. The number of hydrogen-bond donors (Lipinski definition) is 1. The normalized spacial score (nSPS) is 19.1. The van der Waals surface area contributed by atoms with Gasteiger partial charge in [0.15, 0.2) is 0 Å². The van der Waals surface area contributed by atoms with E-state index >= 15 is 0 Å². The molecule has 0 spiro atoms. The Morgan fingerprint density at radius 2 is 2.29 bits per heavy atom. The highest BCUT2D eigenvalue weighted by molar-refractivity contribution is 5.76. The minimum atomic E-state index is 0.117. The Kier molecular flexibility index (Phi) is 6.11. The van der Waals surface area contributed by atoms with Gasteiger partial charge in [0, 0.05) is 55.6 Å². The Bertz CT molecular complexity index is 799. The van der Waals surface area contributed by atoms with Gasteiger partial charge in [-0.05, 0) is 37.8 Å². The van der Waals surface area contributed by atoms with Gasteiger partial charge in [-0.3, -0.25) is 9.78 Å². The van der Waals surface area contributed by atoms with Crippen LogP contribution in [0.1, 0.15) is 42.6 Å². The topological polar surface area (TPSA) is 80.2 Å². The molecule has 1 N–H and O–H groups in total. The van der Waals surface area contributed by atoms with E-state index in [9.17, 15) is 4.79 Å². The molecule has 0 radical (unpaired) electrons. The summed E-state index contributed by atoms with van der Waals surface area (Å²) in [5.41, 5.74) is 3.22. The van der Waals surface area contributed by atoms with Crippen molar-refractivity contribution < 1.29 is 9.53 Å². The molecule has 4 rings (SSSR count). The number of piperidine rings is 1. The van der Waals surface area contributed by atoms with Crippen molar-refractivity contribution >= 4 is 11.9 Å². The average molecular weight is 381 g/mol. The molecule has 28 heavy (non-hydrogen) atoms. The predicted molar refractivity (Wildman–Crippen MR) is 106 cm³/mol. The molecule has 7 heteroatoms. The largest absolute Gasteiger partial charge is 0.376 e. The lowest BCUT2D eigenvalue weighted by Gasteiger charge is -2.33. The number of nitrogens with zero attached hydrogens (tertiary/aromatic N) is 4. The SMILES string of the molecule is O=C(CCCc1ccccn1)N[C@@H]1CCCN(c2ncc3c(n2)CCOC3)C1. The number of carbonyl (C=O) groups excluding carboxylic acids is 1. The van der Waals surface area contributed by atoms with Gasteiger partial charge in [0.05, 0.1) is 18.9 Å². The van der Waals surface area contributed by atoms with E-state index in [-0.39, 0.29) is 11.9 Å². The molecule has 1 atom stereocenters. The summed E-state index contributed by atoms with van der Waals surface area (Å²) in [5, 5.41) is 3.19. The van der Waals surface area contributed by atoms with Crippen LogP contribution in [-0.2, 0) is 29.0 Å². The number of hydrogen-bond acceptors (Lipinski definition) is 6. The van der Waals surface area contributed by atoms with Crippen molar-refractivity contribution in [1.29, 1.82) is 0 Å². The maximum Gasteiger partial charge on any atom is 0.225 e. The summed E-state index contributed by atoms with van der Waals surface area (Å²) in [6.45, 7) is 3.02. The number of anilines is 1. The molecular weight excluding hydrogens is 354 g/mol. The molecule has 0 unspecified atom stereocenters. The lowest BCUT2D eigenvalue weighted by Crippen LogP contribution is -2.48. The van der Waals surface area contributed by atoms with E-state index in [4.69, 9.17) is 9.72 Å². The summed E-state index contributed by atoms with van der Waals surface area (Å²) in [6.07, 6.45) is 8.73. The fourth-order valence-electron chi connectivity index (χ4n) is 3.82. The first-order chi connectivity index (χ1) is 13.8. The van der Waals surface area contributed by atoms with E-state index in [2.05, 4.69) is 20.2 Å². The minimum Gasteiger partial charge on any atom is -0.376 e. The van der Waals surface area contributed by atoms with Crippen LogP contribution in [0.15, 0.2) is 30.6 Å². The zero-order valence-electron chi connectivity index (χ0n) is 16.1. The molecule has 2 aromatic heterocycles. The lowest BCUT2D eigenvalue weighted by atomic mass is 10.1. The van der Waals surface area contributed by atoms with Crippen molar-refractivity contribution in [2.75, 3.05) is 24.6 Å². The van der Waals surface area contributed by atoms with Gasteiger partial charge in [-0.15, -0.1) is 0 Å². The van der Waals surface area contributed by atoms with Gasteiger partial charge in [-0.2, -0.15) is 0 Å². The Morgan fingerprint density at radius 1 is 1.32 bits per heavy atom. The quantitative estimate of drug-likeness (QED) is 0.825. The average Bonchev–Trinajstić information content (AvgIpc) is 2.74. The molecule has 0 aromatic carbocycles. The second kappa shape index (κ2) is 9.10. The first-order valence-electron chi connectivity index (χ1n) is 10.1. The Labute approximate surface area is 165 Å². The highest BCUT2D eigenvalue weighted by Gasteiger charge is 2.24. The summed E-state index contributed by atoms with van der Waals surface area (Å²) in [6, 6.07) is 6.04. The van der Waals surface area contributed by atoms with Crippen molar-refractivity contribution in [2.24, 2.45) is 0 Å². The lowest BCUT2D eigenvalue weighted by molar-refractivity contribution is -0.121. The van der Waals surface area contributed by atoms with E-state index in [1.807, 2.05) is 24.4 Å². The highest BCUT2D eigenvalue weighted by Crippen LogP contribution is 2.20. The van der Waals surface area contributed by atoms with Gasteiger partial charge >= 0.3 is 0 Å². The Morgan fingerprint density at radius 3 is 3.18 bits per heavy atom. The number of nitrogens with one attached hydrogen (secondary N) is 1. The Hall–Kier alpha value is -2.54. The molecule has 2 aromatic rings. The maximum absolute atomic E-state index is 12.3. The molecular formula is C21H27N5O2. The van der Waals surface area contributed by atoms with Crippen LogP contribution in [0.3, 0.4) is 0 Å². The summed E-state index contributed by atoms with van der Waals surface area (Å²) >= 11 is 0. The fourth-order valence-corrected chi connectivity index (χ4v) is 3.82. The van der Waals surface area contributed by atoms with Crippen molar-refractivity contribution in [1.82, 2.24) is 20.3 Å². The number of fused-ring (bicyclic) bond motifs is 1. The third-order valence-corrected chi connectivity index (χ3v) is 5.31. The second-order valence-electron chi connectivity index (χ2n) is 7.47. The number of amides is 1. The molecule has 1 fully saturated rings. The van der Waals surface area contributed by atoms with Gasteiger partial charge in [0.25, 0.3) is 0 Å². The zero-order valence-corrected chi connectivity index (χ0v) is 16.1. The third-order valence-electron chi connectivity index (χ3n) is 5.31. The maximum atomic E-state index is 12.3. The van der Waals surface area contributed by atoms with Crippen LogP contribution in [0, 0.1) is 0 Å². The van der Waals surface area contributed by atoms with Crippen molar-refractivity contribution in [3.63, 3.8) is 0 Å². The smallest absolute Gasteiger partial charge is 0.225 e. The number of pyridine rings is 1. The molecule has 148 valence electrons. The van der Waals surface area contributed by atoms with Crippen molar-refractivity contribution in [3.05, 3.63) is 47.5 Å². The van der Waals surface area contributed by atoms with Crippen LogP contribution < -0.4 is 10.2 Å². The molecule has 7 nitrogen and oxygen atoms in total. The van der Waals surface area contributed by atoms with E-state index in [0.29, 0.717) is 13.0 Å². The molecule has 0 aliphatic carbocycles. The summed E-state index contributed by atoms with van der Waals surface area (Å²) in [4.78, 5) is 28.1. The summed E-state index contributed by atoms with van der Waals surface area (Å²) in [7, 11) is 0. The molecule has 1 saturated heterocycles. The Balaban J connectivity index is 1.27. The monoisotopic (exact) mass is 381 g/mol. The fraction of sp³-hybridized carbons (Fsp3) is 0.524. The third kappa shape index (κ3) is 4.84. The first kappa shape index (κ1) is 18.8. The van der Waals surface area contributed by atoms with E-state index in [1.54, 1.807) is 6.20 Å². The van der Waals surface area contributed by atoms with Crippen LogP contribution in [0.25, 0.3) is 0 Å². The zero-order chi connectivity index (χ0) is 19.2. The van der Waals surface area contributed by atoms with E-state index in [0.717, 1.165) is 74.7 Å². The van der Waals surface area contributed by atoms with Gasteiger partial charge in [-0.1, -0.05) is 6.07 Å². The van der Waals surface area contributed by atoms with Crippen LogP contribution in [-0.4, -0.2) is 46.6 Å². The predicted octanol–water partition coefficient (Wildman–Crippen LogP) is 2.05. The number of aryl methyl sites for hydroxylation is 1. The van der Waals surface area contributed by atoms with Crippen molar-refractivity contribution in [2.45, 2.75) is 51.2 Å². The first-order valence-corrected chi connectivity index (χ1v) is 10.1. The molecule has 2 aliphatic heterocycles. The molecule has 1 amide bonds. The standard InChI is InChI=1S/C21H27N5O2/c27-20(8-3-6-17-5-1-2-10-22-17)24-18-7-4-11-26(14-18)21-23-13-16-15-28-12-9-19(16)25-21/h1-2,5,10,13,18H,3-4,6-9,11-12,14-15H2,(H,24,27)/t18-/m1/s1. The van der Waals surface area contributed by atoms with Crippen molar-refractivity contribution in [3.8, 4) is 0 Å². The number of carbonyl (C=O) groups is 1. The highest BCUT2D eigenvalue weighted by atomic mass is 16.5. The van der Waals surface area contributed by atoms with Gasteiger partial charge < -0.3 is 15.0 Å². The van der Waals surface area contributed by atoms with Gasteiger partial charge in [-0.25, -0.2) is 9.97 Å². The van der Waals surface area contributed by atoms with Crippen LogP contribution in [0.4, 0.5) is 5.95 Å². The molecule has 0 bridgehead atoms. The van der Waals surface area contributed by atoms with Gasteiger partial charge in [0.1, 0.15) is 0 Å². The van der Waals surface area contributed by atoms with E-state index in [1.165, 1.54) is 0 Å². The second-order valence-corrected chi connectivity index (χ2v) is 7.47. The van der Waals surface area contributed by atoms with Crippen LogP contribution >= 0.6 is 0 Å². The number of ether oxygens (including phenoxy) is 1. The molecule has 4 heterocycles. The van der Waals surface area contributed by atoms with Crippen LogP contribution in [0.2, 0.25) is 0 Å². The summed E-state index contributed by atoms with van der Waals surface area (Å²) < 4.78 is 5.46. The number of rotatable bonds is 6.